The lowest BCUT2D eigenvalue weighted by atomic mass is 9.97. The van der Waals surface area contributed by atoms with E-state index in [-0.39, 0.29) is 6.04 Å². The fraction of sp³-hybridized carbons (Fsp3) is 0.643. The van der Waals surface area contributed by atoms with E-state index in [2.05, 4.69) is 10.3 Å². The Bertz CT molecular complexity index is 507. The fourth-order valence-electron chi connectivity index (χ4n) is 1.90. The van der Waals surface area contributed by atoms with Crippen LogP contribution in [0.1, 0.15) is 32.0 Å². The average molecular weight is 284 g/mol. The van der Waals surface area contributed by atoms with Gasteiger partial charge in [-0.3, -0.25) is 4.98 Å². The Labute approximate surface area is 116 Å². The van der Waals surface area contributed by atoms with E-state index in [4.69, 9.17) is 0 Å². The number of pyridine rings is 1. The van der Waals surface area contributed by atoms with Crippen LogP contribution in [-0.2, 0) is 16.3 Å². The Morgan fingerprint density at radius 3 is 2.42 bits per heavy atom. The molecule has 4 nitrogen and oxygen atoms in total. The van der Waals surface area contributed by atoms with Gasteiger partial charge in [-0.2, -0.15) is 0 Å². The summed E-state index contributed by atoms with van der Waals surface area (Å²) >= 11 is 0. The standard InChI is InChI=1S/C14H24N2O2S/c1-6-15-13(14(3,4)19(5,17)18)9-12-8-7-11(2)10-16-12/h7-8,10,13,15H,6,9H2,1-5H3. The van der Waals surface area contributed by atoms with Crippen molar-refractivity contribution >= 4 is 9.84 Å². The van der Waals surface area contributed by atoms with Gasteiger partial charge in [0.05, 0.1) is 4.75 Å². The third-order valence-corrected chi connectivity index (χ3v) is 5.83. The lowest BCUT2D eigenvalue weighted by Crippen LogP contribution is -2.52. The Morgan fingerprint density at radius 2 is 2.00 bits per heavy atom. The first-order valence-electron chi connectivity index (χ1n) is 6.53. The smallest absolute Gasteiger partial charge is 0.154 e. The van der Waals surface area contributed by atoms with Crippen LogP contribution in [0.2, 0.25) is 0 Å². The zero-order chi connectivity index (χ0) is 14.7. The Kier molecular flexibility index (Phi) is 5.10. The van der Waals surface area contributed by atoms with Crippen LogP contribution in [0.5, 0.6) is 0 Å². The average Bonchev–Trinajstić information content (AvgIpc) is 2.30. The molecule has 1 unspecified atom stereocenters. The van der Waals surface area contributed by atoms with Crippen molar-refractivity contribution in [2.45, 2.75) is 44.9 Å². The molecule has 19 heavy (non-hydrogen) atoms. The number of hydrogen-bond donors (Lipinski definition) is 1. The van der Waals surface area contributed by atoms with Crippen molar-refractivity contribution in [3.8, 4) is 0 Å². The summed E-state index contributed by atoms with van der Waals surface area (Å²) in [6.07, 6.45) is 3.71. The number of rotatable bonds is 6. The molecule has 1 heterocycles. The fourth-order valence-corrected chi connectivity index (χ4v) is 2.58. The van der Waals surface area contributed by atoms with Crippen LogP contribution < -0.4 is 5.32 Å². The van der Waals surface area contributed by atoms with Crippen molar-refractivity contribution in [2.75, 3.05) is 12.8 Å². The van der Waals surface area contributed by atoms with Crippen molar-refractivity contribution in [3.05, 3.63) is 29.6 Å². The van der Waals surface area contributed by atoms with Crippen LogP contribution in [0.4, 0.5) is 0 Å². The number of hydrogen-bond acceptors (Lipinski definition) is 4. The van der Waals surface area contributed by atoms with Gasteiger partial charge < -0.3 is 5.32 Å². The predicted octanol–water partition coefficient (Wildman–Crippen LogP) is 1.73. The summed E-state index contributed by atoms with van der Waals surface area (Å²) in [5.74, 6) is 0. The highest BCUT2D eigenvalue weighted by Gasteiger charge is 2.38. The van der Waals surface area contributed by atoms with Crippen LogP contribution in [0.15, 0.2) is 18.3 Å². The molecule has 1 rings (SSSR count). The Morgan fingerprint density at radius 1 is 1.37 bits per heavy atom. The molecule has 0 aliphatic carbocycles. The van der Waals surface area contributed by atoms with Gasteiger partial charge in [0.2, 0.25) is 0 Å². The maximum Gasteiger partial charge on any atom is 0.154 e. The lowest BCUT2D eigenvalue weighted by molar-refractivity contribution is 0.411. The molecule has 0 saturated carbocycles. The molecule has 108 valence electrons. The van der Waals surface area contributed by atoms with Crippen LogP contribution in [0.3, 0.4) is 0 Å². The predicted molar refractivity (Wildman–Crippen MR) is 79.1 cm³/mol. The first-order chi connectivity index (χ1) is 8.68. The van der Waals surface area contributed by atoms with Crippen molar-refractivity contribution in [1.82, 2.24) is 10.3 Å². The number of aryl methyl sites for hydroxylation is 1. The molecule has 1 aromatic heterocycles. The molecular weight excluding hydrogens is 260 g/mol. The summed E-state index contributed by atoms with van der Waals surface area (Å²) in [7, 11) is -3.14. The minimum Gasteiger partial charge on any atom is -0.312 e. The molecular formula is C14H24N2O2S. The highest BCUT2D eigenvalue weighted by Crippen LogP contribution is 2.22. The normalized spacial score (nSPS) is 14.4. The second-order valence-electron chi connectivity index (χ2n) is 5.52. The summed E-state index contributed by atoms with van der Waals surface area (Å²) in [5.41, 5.74) is 2.01. The summed E-state index contributed by atoms with van der Waals surface area (Å²) in [6.45, 7) is 8.23. The molecule has 0 aliphatic heterocycles. The van der Waals surface area contributed by atoms with Crippen LogP contribution in [0.25, 0.3) is 0 Å². The van der Waals surface area contributed by atoms with Crippen molar-refractivity contribution in [1.29, 1.82) is 0 Å². The van der Waals surface area contributed by atoms with E-state index in [1.54, 1.807) is 13.8 Å². The summed E-state index contributed by atoms with van der Waals surface area (Å²) < 4.78 is 23.1. The van der Waals surface area contributed by atoms with Crippen LogP contribution >= 0.6 is 0 Å². The molecule has 0 saturated heterocycles. The number of nitrogens with zero attached hydrogens (tertiary/aromatic N) is 1. The van der Waals surface area contributed by atoms with Gasteiger partial charge in [-0.05, 0) is 38.9 Å². The van der Waals surface area contributed by atoms with Gasteiger partial charge in [-0.1, -0.05) is 13.0 Å². The van der Waals surface area contributed by atoms with Gasteiger partial charge in [-0.15, -0.1) is 0 Å². The molecule has 0 bridgehead atoms. The van der Waals surface area contributed by atoms with E-state index in [0.29, 0.717) is 6.42 Å². The highest BCUT2D eigenvalue weighted by atomic mass is 32.2. The molecule has 0 spiro atoms. The summed E-state index contributed by atoms with van der Waals surface area (Å²) in [6, 6.07) is 3.80. The van der Waals surface area contributed by atoms with Crippen molar-refractivity contribution in [3.63, 3.8) is 0 Å². The molecule has 1 N–H and O–H groups in total. The molecule has 1 aromatic rings. The molecule has 0 aromatic carbocycles. The molecule has 5 heteroatoms. The zero-order valence-corrected chi connectivity index (χ0v) is 13.2. The minimum absolute atomic E-state index is 0.150. The quantitative estimate of drug-likeness (QED) is 0.864. The van der Waals surface area contributed by atoms with Crippen molar-refractivity contribution in [2.24, 2.45) is 0 Å². The molecule has 1 atom stereocenters. The number of sulfone groups is 1. The highest BCUT2D eigenvalue weighted by molar-refractivity contribution is 7.92. The molecule has 0 aliphatic rings. The maximum atomic E-state index is 12.0. The van der Waals surface area contributed by atoms with Gasteiger partial charge in [0, 0.05) is 30.6 Å². The monoisotopic (exact) mass is 284 g/mol. The van der Waals surface area contributed by atoms with E-state index in [9.17, 15) is 8.42 Å². The topological polar surface area (TPSA) is 59.1 Å². The lowest BCUT2D eigenvalue weighted by Gasteiger charge is -2.33. The second-order valence-corrected chi connectivity index (χ2v) is 8.11. The van der Waals surface area contributed by atoms with Crippen LogP contribution in [0, 0.1) is 6.92 Å². The van der Waals surface area contributed by atoms with E-state index in [1.807, 2.05) is 32.2 Å². The number of aromatic nitrogens is 1. The first kappa shape index (κ1) is 16.1. The van der Waals surface area contributed by atoms with E-state index < -0.39 is 14.6 Å². The Hall–Kier alpha value is -0.940. The van der Waals surface area contributed by atoms with Crippen molar-refractivity contribution < 1.29 is 8.42 Å². The third-order valence-electron chi connectivity index (χ3n) is 3.63. The first-order valence-corrected chi connectivity index (χ1v) is 8.42. The van der Waals surface area contributed by atoms with Gasteiger partial charge in [0.1, 0.15) is 0 Å². The zero-order valence-electron chi connectivity index (χ0n) is 12.4. The molecule has 0 amide bonds. The minimum atomic E-state index is -3.14. The Balaban J connectivity index is 2.99. The maximum absolute atomic E-state index is 12.0. The SMILES string of the molecule is CCNC(Cc1ccc(C)cn1)C(C)(C)S(C)(=O)=O. The molecule has 0 radical (unpaired) electrons. The summed E-state index contributed by atoms with van der Waals surface area (Å²) in [5, 5.41) is 3.27. The van der Waals surface area contributed by atoms with E-state index >= 15 is 0 Å². The largest absolute Gasteiger partial charge is 0.312 e. The van der Waals surface area contributed by atoms with Gasteiger partial charge in [0.25, 0.3) is 0 Å². The summed E-state index contributed by atoms with van der Waals surface area (Å²) in [4.78, 5) is 4.36. The number of likely N-dealkylation sites (N-methyl/N-ethyl adjacent to an activating group) is 1. The van der Waals surface area contributed by atoms with Gasteiger partial charge in [-0.25, -0.2) is 8.42 Å². The molecule has 0 fully saturated rings. The van der Waals surface area contributed by atoms with Gasteiger partial charge >= 0.3 is 0 Å². The number of nitrogens with one attached hydrogen (secondary N) is 1. The third kappa shape index (κ3) is 4.01. The second kappa shape index (κ2) is 6.01. The van der Waals surface area contributed by atoms with Gasteiger partial charge in [0.15, 0.2) is 9.84 Å². The van der Waals surface area contributed by atoms with E-state index in [0.717, 1.165) is 17.8 Å². The van der Waals surface area contributed by atoms with E-state index in [1.165, 1.54) is 6.26 Å². The van der Waals surface area contributed by atoms with Crippen LogP contribution in [-0.4, -0.2) is 37.0 Å².